The molecular weight excluding hydrogens is 256 g/mol. The molecule has 3 nitrogen and oxygen atoms in total. The van der Waals surface area contributed by atoms with Crippen LogP contribution in [0, 0.1) is 0 Å². The number of nitrogens with zero attached hydrogens (tertiary/aromatic N) is 1. The Morgan fingerprint density at radius 2 is 2.21 bits per heavy atom. The lowest BCUT2D eigenvalue weighted by Crippen LogP contribution is -2.43. The van der Waals surface area contributed by atoms with Crippen molar-refractivity contribution in [2.75, 3.05) is 13.1 Å². The summed E-state index contributed by atoms with van der Waals surface area (Å²) < 4.78 is 0. The Kier molecular flexibility index (Phi) is 3.89. The predicted octanol–water partition coefficient (Wildman–Crippen LogP) is 2.34. The lowest BCUT2D eigenvalue weighted by Gasteiger charge is -2.31. The monoisotopic (exact) mass is 278 g/mol. The Balaban J connectivity index is 1.46. The molecule has 0 radical (unpaired) electrons. The number of likely N-dealkylation sites (tertiary alicyclic amines) is 1. The summed E-state index contributed by atoms with van der Waals surface area (Å²) in [5, 5.41) is 3.66. The van der Waals surface area contributed by atoms with E-state index < -0.39 is 0 Å². The number of rotatable bonds is 3. The van der Waals surface area contributed by atoms with Crippen LogP contribution in [-0.2, 0) is 24.2 Å². The second-order valence-corrected chi connectivity index (χ2v) is 6.90. The van der Waals surface area contributed by atoms with E-state index in [9.17, 15) is 4.79 Å². The van der Waals surface area contributed by atoms with Crippen LogP contribution in [-0.4, -0.2) is 29.9 Å². The zero-order valence-electron chi connectivity index (χ0n) is 11.6. The molecule has 4 heteroatoms. The minimum Gasteiger partial charge on any atom is -0.343 e. The van der Waals surface area contributed by atoms with Gasteiger partial charge in [-0.1, -0.05) is 0 Å². The standard InChI is InChI=1S/C15H22N2OS/c1-11(18)17-7-5-13(6-8-17)16-10-14-9-12-3-2-4-15(12)19-14/h9,13,16H,2-8,10H2,1H3. The maximum Gasteiger partial charge on any atom is 0.219 e. The van der Waals surface area contributed by atoms with Crippen molar-refractivity contribution in [2.24, 2.45) is 0 Å². The molecule has 0 unspecified atom stereocenters. The molecule has 1 aliphatic heterocycles. The topological polar surface area (TPSA) is 32.3 Å². The smallest absolute Gasteiger partial charge is 0.219 e. The van der Waals surface area contributed by atoms with Gasteiger partial charge >= 0.3 is 0 Å². The van der Waals surface area contributed by atoms with Crippen molar-refractivity contribution in [2.45, 2.75) is 51.6 Å². The number of piperidine rings is 1. The molecule has 1 aliphatic carbocycles. The van der Waals surface area contributed by atoms with Gasteiger partial charge in [-0.25, -0.2) is 0 Å². The number of thiophene rings is 1. The first-order valence-corrected chi connectivity index (χ1v) is 8.13. The Labute approximate surface area is 119 Å². The van der Waals surface area contributed by atoms with Crippen LogP contribution in [0.4, 0.5) is 0 Å². The molecule has 0 bridgehead atoms. The van der Waals surface area contributed by atoms with E-state index in [-0.39, 0.29) is 5.91 Å². The molecule has 0 aromatic carbocycles. The first-order chi connectivity index (χ1) is 9.22. The summed E-state index contributed by atoms with van der Waals surface area (Å²) in [7, 11) is 0. The van der Waals surface area contributed by atoms with Crippen molar-refractivity contribution in [1.29, 1.82) is 0 Å². The van der Waals surface area contributed by atoms with Gasteiger partial charge in [0.1, 0.15) is 0 Å². The van der Waals surface area contributed by atoms with Crippen molar-refractivity contribution in [3.63, 3.8) is 0 Å². The van der Waals surface area contributed by atoms with Crippen LogP contribution in [0.1, 0.15) is 41.5 Å². The quantitative estimate of drug-likeness (QED) is 0.920. The summed E-state index contributed by atoms with van der Waals surface area (Å²) in [5.74, 6) is 0.216. The molecule has 0 atom stereocenters. The molecule has 0 saturated carbocycles. The van der Waals surface area contributed by atoms with Crippen LogP contribution in [0.2, 0.25) is 0 Å². The molecule has 1 N–H and O–H groups in total. The molecule has 19 heavy (non-hydrogen) atoms. The lowest BCUT2D eigenvalue weighted by atomic mass is 10.1. The number of hydrogen-bond acceptors (Lipinski definition) is 3. The van der Waals surface area contributed by atoms with Gasteiger partial charge < -0.3 is 10.2 Å². The fourth-order valence-electron chi connectivity index (χ4n) is 3.12. The van der Waals surface area contributed by atoms with Crippen LogP contribution in [0.5, 0.6) is 0 Å². The molecule has 3 rings (SSSR count). The molecule has 1 fully saturated rings. The van der Waals surface area contributed by atoms with E-state index >= 15 is 0 Å². The van der Waals surface area contributed by atoms with Gasteiger partial charge in [0, 0.05) is 42.4 Å². The van der Waals surface area contributed by atoms with Crippen LogP contribution in [0.25, 0.3) is 0 Å². The summed E-state index contributed by atoms with van der Waals surface area (Å²) in [6.45, 7) is 4.49. The van der Waals surface area contributed by atoms with Gasteiger partial charge in [-0.2, -0.15) is 0 Å². The number of amides is 1. The highest BCUT2D eigenvalue weighted by Crippen LogP contribution is 2.30. The molecule has 1 amide bonds. The van der Waals surface area contributed by atoms with E-state index in [1.807, 2.05) is 16.2 Å². The maximum atomic E-state index is 11.3. The SMILES string of the molecule is CC(=O)N1CCC(NCc2cc3c(s2)CCC3)CC1. The summed E-state index contributed by atoms with van der Waals surface area (Å²) in [6.07, 6.45) is 6.09. The van der Waals surface area contributed by atoms with E-state index in [0.29, 0.717) is 6.04 Å². The average molecular weight is 278 g/mol. The second kappa shape index (κ2) is 5.63. The number of carbonyl (C=O) groups excluding carboxylic acids is 1. The van der Waals surface area contributed by atoms with Gasteiger partial charge in [-0.3, -0.25) is 4.79 Å². The van der Waals surface area contributed by atoms with Crippen LogP contribution in [0.3, 0.4) is 0 Å². The first kappa shape index (κ1) is 13.1. The molecule has 1 aromatic rings. The van der Waals surface area contributed by atoms with Crippen molar-refractivity contribution in [1.82, 2.24) is 10.2 Å². The lowest BCUT2D eigenvalue weighted by molar-refractivity contribution is -0.129. The van der Waals surface area contributed by atoms with Gasteiger partial charge in [0.05, 0.1) is 0 Å². The Morgan fingerprint density at radius 1 is 1.42 bits per heavy atom. The Bertz CT molecular complexity index is 439. The molecule has 2 aliphatic rings. The number of nitrogens with one attached hydrogen (secondary N) is 1. The molecular formula is C15H22N2OS. The van der Waals surface area contributed by atoms with Gasteiger partial charge in [-0.05, 0) is 43.7 Å². The van der Waals surface area contributed by atoms with Gasteiger partial charge in [0.15, 0.2) is 0 Å². The van der Waals surface area contributed by atoms with E-state index in [1.165, 1.54) is 24.1 Å². The van der Waals surface area contributed by atoms with Crippen LogP contribution < -0.4 is 5.32 Å². The Morgan fingerprint density at radius 3 is 2.89 bits per heavy atom. The summed E-state index contributed by atoms with van der Waals surface area (Å²) in [6, 6.07) is 2.97. The summed E-state index contributed by atoms with van der Waals surface area (Å²) >= 11 is 1.99. The van der Waals surface area contributed by atoms with Crippen LogP contribution >= 0.6 is 11.3 Å². The molecule has 1 saturated heterocycles. The Hall–Kier alpha value is -0.870. The predicted molar refractivity (Wildman–Crippen MR) is 78.5 cm³/mol. The highest BCUT2D eigenvalue weighted by Gasteiger charge is 2.21. The average Bonchev–Trinajstić information content (AvgIpc) is 2.97. The van der Waals surface area contributed by atoms with Crippen molar-refractivity contribution < 1.29 is 4.79 Å². The highest BCUT2D eigenvalue weighted by molar-refractivity contribution is 7.12. The minimum atomic E-state index is 0.216. The third kappa shape index (κ3) is 3.00. The zero-order chi connectivity index (χ0) is 13.2. The number of carbonyl (C=O) groups is 1. The van der Waals surface area contributed by atoms with E-state index in [2.05, 4.69) is 11.4 Å². The summed E-state index contributed by atoms with van der Waals surface area (Å²) in [5.41, 5.74) is 1.59. The van der Waals surface area contributed by atoms with E-state index in [4.69, 9.17) is 0 Å². The van der Waals surface area contributed by atoms with Crippen molar-refractivity contribution >= 4 is 17.2 Å². The van der Waals surface area contributed by atoms with Crippen molar-refractivity contribution in [3.05, 3.63) is 21.4 Å². The first-order valence-electron chi connectivity index (χ1n) is 7.32. The molecule has 0 spiro atoms. The third-order valence-electron chi connectivity index (χ3n) is 4.30. The van der Waals surface area contributed by atoms with Crippen molar-refractivity contribution in [3.8, 4) is 0 Å². The summed E-state index contributed by atoms with van der Waals surface area (Å²) in [4.78, 5) is 16.3. The number of fused-ring (bicyclic) bond motifs is 1. The van der Waals surface area contributed by atoms with Gasteiger partial charge in [0.2, 0.25) is 5.91 Å². The van der Waals surface area contributed by atoms with Gasteiger partial charge in [-0.15, -0.1) is 11.3 Å². The second-order valence-electron chi connectivity index (χ2n) is 5.68. The van der Waals surface area contributed by atoms with E-state index in [0.717, 1.165) is 32.5 Å². The van der Waals surface area contributed by atoms with Gasteiger partial charge in [0.25, 0.3) is 0 Å². The number of aryl methyl sites for hydroxylation is 2. The molecule has 1 aromatic heterocycles. The minimum absolute atomic E-state index is 0.216. The maximum absolute atomic E-state index is 11.3. The van der Waals surface area contributed by atoms with E-state index in [1.54, 1.807) is 17.4 Å². The molecule has 2 heterocycles. The number of hydrogen-bond donors (Lipinski definition) is 1. The fraction of sp³-hybridized carbons (Fsp3) is 0.667. The molecule has 104 valence electrons. The zero-order valence-corrected chi connectivity index (χ0v) is 12.4. The largest absolute Gasteiger partial charge is 0.343 e. The van der Waals surface area contributed by atoms with Crippen LogP contribution in [0.15, 0.2) is 6.07 Å². The fourth-order valence-corrected chi connectivity index (χ4v) is 4.33. The third-order valence-corrected chi connectivity index (χ3v) is 5.54. The highest BCUT2D eigenvalue weighted by atomic mass is 32.1. The normalized spacial score (nSPS) is 19.7.